The average Bonchev–Trinajstić information content (AvgIpc) is 2.30. The Morgan fingerprint density at radius 2 is 2.00 bits per heavy atom. The van der Waals surface area contributed by atoms with Crippen LogP contribution >= 0.6 is 0 Å². The minimum Gasteiger partial charge on any atom is -0.294 e. The van der Waals surface area contributed by atoms with Crippen LogP contribution in [0.5, 0.6) is 0 Å². The highest BCUT2D eigenvalue weighted by atomic mass is 16.6. The van der Waals surface area contributed by atoms with Crippen LogP contribution in [0.25, 0.3) is 0 Å². The number of hydrogen-bond donors (Lipinski definition) is 0. The lowest BCUT2D eigenvalue weighted by Crippen LogP contribution is -2.19. The molecule has 0 bridgehead atoms. The Balaban J connectivity index is 2.50. The first-order chi connectivity index (χ1) is 7.65. The van der Waals surface area contributed by atoms with Crippen molar-refractivity contribution in [3.63, 3.8) is 0 Å². The predicted octanol–water partition coefficient (Wildman–Crippen LogP) is 2.70. The van der Waals surface area contributed by atoms with Gasteiger partial charge >= 0.3 is 0 Å². The maximum Gasteiger partial charge on any atom is 0.213 e. The molecule has 4 nitrogen and oxygen atoms in total. The summed E-state index contributed by atoms with van der Waals surface area (Å²) in [6.07, 6.45) is 1.02. The summed E-state index contributed by atoms with van der Waals surface area (Å²) in [5, 5.41) is 10.6. The van der Waals surface area contributed by atoms with Crippen LogP contribution in [0.2, 0.25) is 0 Å². The van der Waals surface area contributed by atoms with Gasteiger partial charge in [-0.15, -0.1) is 0 Å². The van der Waals surface area contributed by atoms with Gasteiger partial charge in [0.1, 0.15) is 0 Å². The van der Waals surface area contributed by atoms with Gasteiger partial charge in [0.2, 0.25) is 6.04 Å². The molecule has 16 heavy (non-hydrogen) atoms. The Bertz CT molecular complexity index is 362. The van der Waals surface area contributed by atoms with Crippen molar-refractivity contribution in [3.8, 4) is 0 Å². The molecule has 0 heterocycles. The Morgan fingerprint density at radius 1 is 1.38 bits per heavy atom. The number of ketones is 1. The third kappa shape index (κ3) is 3.46. The molecular formula is C12H15NO3. The summed E-state index contributed by atoms with van der Waals surface area (Å²) in [4.78, 5) is 21.9. The zero-order valence-corrected chi connectivity index (χ0v) is 9.26. The van der Waals surface area contributed by atoms with E-state index in [0.717, 1.165) is 0 Å². The van der Waals surface area contributed by atoms with E-state index in [1.807, 2.05) is 6.07 Å². The lowest BCUT2D eigenvalue weighted by atomic mass is 10.0. The Labute approximate surface area is 94.4 Å². The molecule has 0 spiro atoms. The maximum atomic E-state index is 11.7. The molecule has 0 aliphatic rings. The number of hydrogen-bond acceptors (Lipinski definition) is 3. The van der Waals surface area contributed by atoms with Crippen molar-refractivity contribution in [2.24, 2.45) is 0 Å². The van der Waals surface area contributed by atoms with E-state index in [9.17, 15) is 14.9 Å². The Hall–Kier alpha value is -1.71. The van der Waals surface area contributed by atoms with Gasteiger partial charge in [0.15, 0.2) is 5.78 Å². The first-order valence-corrected chi connectivity index (χ1v) is 5.37. The average molecular weight is 221 g/mol. The van der Waals surface area contributed by atoms with Gasteiger partial charge in [-0.3, -0.25) is 14.9 Å². The SMILES string of the molecule is CC[C@H](CCC(=O)c1ccccc1)[N+](=O)[O-]. The van der Waals surface area contributed by atoms with Crippen LogP contribution in [0.3, 0.4) is 0 Å². The van der Waals surface area contributed by atoms with E-state index < -0.39 is 6.04 Å². The Morgan fingerprint density at radius 3 is 2.50 bits per heavy atom. The van der Waals surface area contributed by atoms with Gasteiger partial charge in [-0.2, -0.15) is 0 Å². The fraction of sp³-hybridized carbons (Fsp3) is 0.417. The number of nitrogens with zero attached hydrogens (tertiary/aromatic N) is 1. The van der Waals surface area contributed by atoms with E-state index in [1.54, 1.807) is 31.2 Å². The minimum atomic E-state index is -0.604. The van der Waals surface area contributed by atoms with Gasteiger partial charge in [0.05, 0.1) is 0 Å². The van der Waals surface area contributed by atoms with Gasteiger partial charge in [0, 0.05) is 29.7 Å². The van der Waals surface area contributed by atoms with E-state index in [1.165, 1.54) is 0 Å². The molecule has 1 aromatic rings. The summed E-state index contributed by atoms with van der Waals surface area (Å²) in [5.41, 5.74) is 0.626. The van der Waals surface area contributed by atoms with Gasteiger partial charge in [-0.05, 0) is 0 Å². The van der Waals surface area contributed by atoms with Crippen molar-refractivity contribution >= 4 is 5.78 Å². The standard InChI is InChI=1S/C12H15NO3/c1-2-11(13(15)16)8-9-12(14)10-6-4-3-5-7-10/h3-7,11H,2,8-9H2,1H3/t11-/m1/s1. The molecule has 0 saturated carbocycles. The molecule has 0 saturated heterocycles. The van der Waals surface area contributed by atoms with Crippen LogP contribution in [0, 0.1) is 10.1 Å². The number of rotatable bonds is 6. The van der Waals surface area contributed by atoms with E-state index in [4.69, 9.17) is 0 Å². The highest BCUT2D eigenvalue weighted by Crippen LogP contribution is 2.10. The zero-order valence-electron chi connectivity index (χ0n) is 9.26. The Kier molecular flexibility index (Phi) is 4.64. The summed E-state index contributed by atoms with van der Waals surface area (Å²) in [5.74, 6) is -0.0269. The van der Waals surface area contributed by atoms with Crippen molar-refractivity contribution in [1.29, 1.82) is 0 Å². The van der Waals surface area contributed by atoms with Gasteiger partial charge in [-0.25, -0.2) is 0 Å². The van der Waals surface area contributed by atoms with Crippen LogP contribution < -0.4 is 0 Å². The second kappa shape index (κ2) is 6.00. The molecule has 0 amide bonds. The maximum absolute atomic E-state index is 11.7. The fourth-order valence-electron chi connectivity index (χ4n) is 1.52. The monoisotopic (exact) mass is 221 g/mol. The molecular weight excluding hydrogens is 206 g/mol. The van der Waals surface area contributed by atoms with Crippen molar-refractivity contribution in [2.45, 2.75) is 32.2 Å². The van der Waals surface area contributed by atoms with Crippen molar-refractivity contribution in [1.82, 2.24) is 0 Å². The van der Waals surface area contributed by atoms with Crippen LogP contribution in [0.15, 0.2) is 30.3 Å². The molecule has 0 fully saturated rings. The lowest BCUT2D eigenvalue weighted by Gasteiger charge is -2.05. The van der Waals surface area contributed by atoms with Crippen LogP contribution in [0.4, 0.5) is 0 Å². The van der Waals surface area contributed by atoms with Gasteiger partial charge < -0.3 is 0 Å². The normalized spacial score (nSPS) is 12.1. The second-order valence-electron chi connectivity index (χ2n) is 3.68. The van der Waals surface area contributed by atoms with E-state index >= 15 is 0 Å². The third-order valence-electron chi connectivity index (χ3n) is 2.57. The molecule has 0 N–H and O–H groups in total. The van der Waals surface area contributed by atoms with E-state index in [-0.39, 0.29) is 17.1 Å². The molecule has 0 aliphatic heterocycles. The molecule has 0 aliphatic carbocycles. The summed E-state index contributed by atoms with van der Waals surface area (Å²) >= 11 is 0. The van der Waals surface area contributed by atoms with Crippen molar-refractivity contribution in [2.75, 3.05) is 0 Å². The second-order valence-corrected chi connectivity index (χ2v) is 3.68. The number of benzene rings is 1. The number of Topliss-reactive ketones (excluding diaryl/α,β-unsaturated/α-hetero) is 1. The molecule has 0 radical (unpaired) electrons. The van der Waals surface area contributed by atoms with Crippen LogP contribution in [-0.2, 0) is 0 Å². The molecule has 86 valence electrons. The zero-order chi connectivity index (χ0) is 12.0. The predicted molar refractivity (Wildman–Crippen MR) is 61.1 cm³/mol. The summed E-state index contributed by atoms with van der Waals surface area (Å²) < 4.78 is 0. The van der Waals surface area contributed by atoms with Crippen molar-refractivity contribution < 1.29 is 9.72 Å². The van der Waals surface area contributed by atoms with Gasteiger partial charge in [0.25, 0.3) is 0 Å². The topological polar surface area (TPSA) is 60.2 Å². The number of nitro groups is 1. The number of carbonyl (C=O) groups excluding carboxylic acids is 1. The fourth-order valence-corrected chi connectivity index (χ4v) is 1.52. The minimum absolute atomic E-state index is 0.0269. The van der Waals surface area contributed by atoms with E-state index in [2.05, 4.69) is 0 Å². The first-order valence-electron chi connectivity index (χ1n) is 5.37. The summed E-state index contributed by atoms with van der Waals surface area (Å²) in [6, 6.07) is 8.27. The quantitative estimate of drug-likeness (QED) is 0.421. The summed E-state index contributed by atoms with van der Waals surface area (Å²) in [6.45, 7) is 1.76. The molecule has 0 aromatic heterocycles. The largest absolute Gasteiger partial charge is 0.294 e. The molecule has 0 unspecified atom stereocenters. The van der Waals surface area contributed by atoms with Crippen LogP contribution in [0.1, 0.15) is 36.5 Å². The molecule has 1 rings (SSSR count). The molecule has 1 aromatic carbocycles. The van der Waals surface area contributed by atoms with Gasteiger partial charge in [-0.1, -0.05) is 37.3 Å². The smallest absolute Gasteiger partial charge is 0.213 e. The van der Waals surface area contributed by atoms with E-state index in [0.29, 0.717) is 18.4 Å². The lowest BCUT2D eigenvalue weighted by molar-refractivity contribution is -0.523. The van der Waals surface area contributed by atoms with Crippen LogP contribution in [-0.4, -0.2) is 16.7 Å². The summed E-state index contributed by atoms with van der Waals surface area (Å²) in [7, 11) is 0. The highest BCUT2D eigenvalue weighted by molar-refractivity contribution is 5.95. The van der Waals surface area contributed by atoms with Crippen molar-refractivity contribution in [3.05, 3.63) is 46.0 Å². The highest BCUT2D eigenvalue weighted by Gasteiger charge is 2.18. The first kappa shape index (κ1) is 12.4. The molecule has 4 heteroatoms. The third-order valence-corrected chi connectivity index (χ3v) is 2.57. The number of carbonyl (C=O) groups is 1. The molecule has 1 atom stereocenters.